The van der Waals surface area contributed by atoms with Crippen molar-refractivity contribution in [2.75, 3.05) is 6.54 Å². The van der Waals surface area contributed by atoms with E-state index in [1.54, 1.807) is 0 Å². The number of hydrogen-bond acceptors (Lipinski definition) is 1. The van der Waals surface area contributed by atoms with Crippen LogP contribution in [0.5, 0.6) is 0 Å². The molecule has 2 rings (SSSR count). The molecule has 3 heteroatoms. The second kappa shape index (κ2) is 4.03. The van der Waals surface area contributed by atoms with Crippen molar-refractivity contribution in [1.29, 1.82) is 0 Å². The molecule has 3 N–H and O–H groups in total. The van der Waals surface area contributed by atoms with Gasteiger partial charge in [-0.25, -0.2) is 0 Å². The SMILES string of the molecule is NCCCc1ccc(Cl)c2[nH]ccc12. The van der Waals surface area contributed by atoms with Gasteiger partial charge in [-0.2, -0.15) is 0 Å². The number of rotatable bonds is 3. The number of aromatic amines is 1. The summed E-state index contributed by atoms with van der Waals surface area (Å²) in [7, 11) is 0. The Morgan fingerprint density at radius 1 is 1.29 bits per heavy atom. The molecule has 1 aromatic heterocycles. The molecule has 2 aromatic rings. The highest BCUT2D eigenvalue weighted by molar-refractivity contribution is 6.35. The predicted molar refractivity (Wildman–Crippen MR) is 60.7 cm³/mol. The molecule has 0 amide bonds. The zero-order valence-corrected chi connectivity index (χ0v) is 8.64. The van der Waals surface area contributed by atoms with E-state index in [1.807, 2.05) is 12.3 Å². The van der Waals surface area contributed by atoms with Crippen molar-refractivity contribution >= 4 is 22.5 Å². The van der Waals surface area contributed by atoms with Gasteiger partial charge in [-0.1, -0.05) is 17.7 Å². The number of fused-ring (bicyclic) bond motifs is 1. The van der Waals surface area contributed by atoms with Crippen molar-refractivity contribution in [2.45, 2.75) is 12.8 Å². The topological polar surface area (TPSA) is 41.8 Å². The van der Waals surface area contributed by atoms with E-state index in [4.69, 9.17) is 17.3 Å². The summed E-state index contributed by atoms with van der Waals surface area (Å²) in [4.78, 5) is 3.14. The van der Waals surface area contributed by atoms with E-state index in [-0.39, 0.29) is 0 Å². The quantitative estimate of drug-likeness (QED) is 0.800. The molecule has 0 unspecified atom stereocenters. The lowest BCUT2D eigenvalue weighted by atomic mass is 10.1. The molecule has 1 heterocycles. The maximum absolute atomic E-state index is 6.05. The number of nitrogens with two attached hydrogens (primary N) is 1. The first-order valence-corrected chi connectivity index (χ1v) is 5.15. The summed E-state index contributed by atoms with van der Waals surface area (Å²) in [5.41, 5.74) is 7.84. The number of nitrogens with one attached hydrogen (secondary N) is 1. The second-order valence-electron chi connectivity index (χ2n) is 3.37. The molecule has 0 spiro atoms. The maximum Gasteiger partial charge on any atom is 0.0647 e. The molecule has 0 aliphatic rings. The molecule has 0 aliphatic heterocycles. The zero-order valence-electron chi connectivity index (χ0n) is 7.89. The van der Waals surface area contributed by atoms with Gasteiger partial charge in [0, 0.05) is 11.6 Å². The van der Waals surface area contributed by atoms with Crippen LogP contribution in [-0.2, 0) is 6.42 Å². The van der Waals surface area contributed by atoms with Crippen molar-refractivity contribution in [3.8, 4) is 0 Å². The molecule has 0 saturated carbocycles. The third-order valence-electron chi connectivity index (χ3n) is 2.41. The van der Waals surface area contributed by atoms with Gasteiger partial charge in [0.2, 0.25) is 0 Å². The minimum atomic E-state index is 0.731. The first-order valence-electron chi connectivity index (χ1n) is 4.77. The van der Waals surface area contributed by atoms with Crippen LogP contribution in [0.3, 0.4) is 0 Å². The molecule has 14 heavy (non-hydrogen) atoms. The number of halogens is 1. The lowest BCUT2D eigenvalue weighted by Gasteiger charge is -2.03. The van der Waals surface area contributed by atoms with Crippen LogP contribution in [0, 0.1) is 0 Å². The third-order valence-corrected chi connectivity index (χ3v) is 2.73. The van der Waals surface area contributed by atoms with Crippen molar-refractivity contribution in [2.24, 2.45) is 5.73 Å². The fraction of sp³-hybridized carbons (Fsp3) is 0.273. The summed E-state index contributed by atoms with van der Waals surface area (Å²) in [5.74, 6) is 0. The first kappa shape index (κ1) is 9.56. The van der Waals surface area contributed by atoms with Gasteiger partial charge in [-0.05, 0) is 37.1 Å². The molecule has 0 fully saturated rings. The fourth-order valence-electron chi connectivity index (χ4n) is 1.69. The lowest BCUT2D eigenvalue weighted by Crippen LogP contribution is -2.00. The summed E-state index contributed by atoms with van der Waals surface area (Å²) in [6.45, 7) is 0.731. The Hall–Kier alpha value is -0.990. The molecule has 74 valence electrons. The van der Waals surface area contributed by atoms with Gasteiger partial charge >= 0.3 is 0 Å². The number of aromatic nitrogens is 1. The number of benzene rings is 1. The average molecular weight is 209 g/mol. The van der Waals surface area contributed by atoms with Crippen molar-refractivity contribution in [3.05, 3.63) is 35.0 Å². The standard InChI is InChI=1S/C11H13ClN2/c12-10-4-3-8(2-1-6-13)9-5-7-14-11(9)10/h3-5,7,14H,1-2,6,13H2. The minimum Gasteiger partial charge on any atom is -0.360 e. The van der Waals surface area contributed by atoms with E-state index in [1.165, 1.54) is 10.9 Å². The Labute approximate surface area is 88.1 Å². The highest BCUT2D eigenvalue weighted by Crippen LogP contribution is 2.25. The smallest absolute Gasteiger partial charge is 0.0647 e. The van der Waals surface area contributed by atoms with Crippen LogP contribution in [0.25, 0.3) is 10.9 Å². The van der Waals surface area contributed by atoms with E-state index in [9.17, 15) is 0 Å². The van der Waals surface area contributed by atoms with Crippen molar-refractivity contribution in [3.63, 3.8) is 0 Å². The van der Waals surface area contributed by atoms with Gasteiger partial charge in [0.05, 0.1) is 10.5 Å². The van der Waals surface area contributed by atoms with Crippen LogP contribution >= 0.6 is 11.6 Å². The Morgan fingerprint density at radius 2 is 2.14 bits per heavy atom. The Bertz CT molecular complexity index is 434. The molecular weight excluding hydrogens is 196 g/mol. The number of hydrogen-bond donors (Lipinski definition) is 2. The Kier molecular flexibility index (Phi) is 2.75. The highest BCUT2D eigenvalue weighted by Gasteiger charge is 2.04. The van der Waals surface area contributed by atoms with Crippen LogP contribution < -0.4 is 5.73 Å². The Balaban J connectivity index is 2.45. The van der Waals surface area contributed by atoms with E-state index in [0.717, 1.165) is 29.9 Å². The Morgan fingerprint density at radius 3 is 2.93 bits per heavy atom. The largest absolute Gasteiger partial charge is 0.360 e. The van der Waals surface area contributed by atoms with Crippen LogP contribution in [0.15, 0.2) is 24.4 Å². The fourth-order valence-corrected chi connectivity index (χ4v) is 1.91. The molecule has 0 atom stereocenters. The number of H-pyrrole nitrogens is 1. The molecule has 1 aromatic carbocycles. The maximum atomic E-state index is 6.05. The van der Waals surface area contributed by atoms with Gasteiger partial charge in [-0.3, -0.25) is 0 Å². The van der Waals surface area contributed by atoms with Gasteiger partial charge in [-0.15, -0.1) is 0 Å². The predicted octanol–water partition coefficient (Wildman–Crippen LogP) is 2.71. The van der Waals surface area contributed by atoms with Crippen LogP contribution in [-0.4, -0.2) is 11.5 Å². The van der Waals surface area contributed by atoms with E-state index in [2.05, 4.69) is 17.1 Å². The van der Waals surface area contributed by atoms with Gasteiger partial charge in [0.1, 0.15) is 0 Å². The summed E-state index contributed by atoms with van der Waals surface area (Å²) in [5, 5.41) is 1.99. The van der Waals surface area contributed by atoms with Gasteiger partial charge in [0.15, 0.2) is 0 Å². The van der Waals surface area contributed by atoms with E-state index >= 15 is 0 Å². The average Bonchev–Trinajstić information content (AvgIpc) is 2.66. The van der Waals surface area contributed by atoms with Gasteiger partial charge in [0.25, 0.3) is 0 Å². The summed E-state index contributed by atoms with van der Waals surface area (Å²) in [6, 6.07) is 6.08. The first-order chi connectivity index (χ1) is 6.83. The third kappa shape index (κ3) is 1.63. The number of aryl methyl sites for hydroxylation is 1. The molecule has 0 saturated heterocycles. The monoisotopic (exact) mass is 208 g/mol. The normalized spacial score (nSPS) is 11.0. The highest BCUT2D eigenvalue weighted by atomic mass is 35.5. The molecule has 0 bridgehead atoms. The van der Waals surface area contributed by atoms with Crippen LogP contribution in [0.4, 0.5) is 0 Å². The van der Waals surface area contributed by atoms with Crippen LogP contribution in [0.2, 0.25) is 5.02 Å². The van der Waals surface area contributed by atoms with E-state index in [0.29, 0.717) is 0 Å². The second-order valence-corrected chi connectivity index (χ2v) is 3.77. The summed E-state index contributed by atoms with van der Waals surface area (Å²) >= 11 is 6.05. The van der Waals surface area contributed by atoms with Gasteiger partial charge < -0.3 is 10.7 Å². The van der Waals surface area contributed by atoms with Crippen molar-refractivity contribution < 1.29 is 0 Å². The zero-order chi connectivity index (χ0) is 9.97. The summed E-state index contributed by atoms with van der Waals surface area (Å²) in [6.07, 6.45) is 3.95. The molecule has 0 radical (unpaired) electrons. The minimum absolute atomic E-state index is 0.731. The lowest BCUT2D eigenvalue weighted by molar-refractivity contribution is 0.837. The molecule has 2 nitrogen and oxygen atoms in total. The summed E-state index contributed by atoms with van der Waals surface area (Å²) < 4.78 is 0. The molecule has 0 aliphatic carbocycles. The van der Waals surface area contributed by atoms with Crippen molar-refractivity contribution in [1.82, 2.24) is 4.98 Å². The van der Waals surface area contributed by atoms with E-state index < -0.39 is 0 Å². The molecular formula is C11H13ClN2. The van der Waals surface area contributed by atoms with Crippen LogP contribution in [0.1, 0.15) is 12.0 Å².